The third-order valence-electron chi connectivity index (χ3n) is 13.3. The second-order valence-corrected chi connectivity index (χ2v) is 17.3. The first-order chi connectivity index (χ1) is 31.8. The third kappa shape index (κ3) is 9.32. The van der Waals surface area contributed by atoms with Gasteiger partial charge in [0.2, 0.25) is 0 Å². The summed E-state index contributed by atoms with van der Waals surface area (Å²) in [4.78, 5) is 27.2. The number of unbranched alkanes of at least 4 members (excludes halogenated alkanes) is 10. The van der Waals surface area contributed by atoms with Crippen molar-refractivity contribution in [2.24, 2.45) is 0 Å². The number of nitriles is 4. The maximum atomic E-state index is 13.6. The summed E-state index contributed by atoms with van der Waals surface area (Å²) in [7, 11) is 0. The maximum Gasteiger partial charge on any atom is 0.194 e. The van der Waals surface area contributed by atoms with E-state index >= 15 is 0 Å². The highest BCUT2D eigenvalue weighted by Crippen LogP contribution is 2.55. The maximum absolute atomic E-state index is 13.6. The zero-order valence-corrected chi connectivity index (χ0v) is 37.6. The van der Waals surface area contributed by atoms with Crippen LogP contribution in [0.1, 0.15) is 158 Å². The average Bonchev–Trinajstić information content (AvgIpc) is 3.88. The second kappa shape index (κ2) is 21.3. The molecule has 7 rings (SSSR count). The lowest BCUT2D eigenvalue weighted by molar-refractivity contribution is 0.103. The fourth-order valence-corrected chi connectivity index (χ4v) is 10.1. The van der Waals surface area contributed by atoms with Crippen LogP contribution < -0.4 is 0 Å². The lowest BCUT2D eigenvalue weighted by Crippen LogP contribution is -2.25. The molecule has 0 fully saturated rings. The molecule has 0 aromatic heterocycles. The van der Waals surface area contributed by atoms with Crippen LogP contribution in [0.15, 0.2) is 132 Å². The van der Waals surface area contributed by atoms with Crippen molar-refractivity contribution in [3.63, 3.8) is 0 Å². The van der Waals surface area contributed by atoms with Gasteiger partial charge in [-0.15, -0.1) is 0 Å². The number of allylic oxidation sites excluding steroid dienone is 10. The Bertz CT molecular complexity index is 2660. The molecule has 6 heteroatoms. The van der Waals surface area contributed by atoms with Gasteiger partial charge in [-0.3, -0.25) is 9.59 Å². The molecule has 0 saturated heterocycles. The van der Waals surface area contributed by atoms with Gasteiger partial charge in [0.15, 0.2) is 11.6 Å². The van der Waals surface area contributed by atoms with Gasteiger partial charge in [-0.1, -0.05) is 212 Å². The van der Waals surface area contributed by atoms with Gasteiger partial charge in [0, 0.05) is 38.8 Å². The lowest BCUT2D eigenvalue weighted by Gasteiger charge is -2.33. The minimum atomic E-state index is -0.230. The van der Waals surface area contributed by atoms with Crippen molar-refractivity contribution in [1.82, 2.24) is 0 Å². The summed E-state index contributed by atoms with van der Waals surface area (Å²) >= 11 is 0. The van der Waals surface area contributed by atoms with Crippen molar-refractivity contribution in [1.29, 1.82) is 21.0 Å². The van der Waals surface area contributed by atoms with E-state index in [1.165, 1.54) is 86.5 Å². The predicted octanol–water partition coefficient (Wildman–Crippen LogP) is 14.7. The third-order valence-corrected chi connectivity index (χ3v) is 13.3. The highest BCUT2D eigenvalue weighted by Gasteiger charge is 2.42. The smallest absolute Gasteiger partial charge is 0.194 e. The van der Waals surface area contributed by atoms with Crippen molar-refractivity contribution >= 4 is 34.9 Å². The highest BCUT2D eigenvalue weighted by molar-refractivity contribution is 6.28. The average molecular weight is 851 g/mol. The van der Waals surface area contributed by atoms with E-state index in [-0.39, 0.29) is 28.1 Å². The molecule has 0 atom stereocenters. The van der Waals surface area contributed by atoms with E-state index in [2.05, 4.69) is 50.2 Å². The van der Waals surface area contributed by atoms with Gasteiger partial charge in [-0.2, -0.15) is 21.0 Å². The monoisotopic (exact) mass is 850 g/mol. The molecular formula is C59H54N4O2. The van der Waals surface area contributed by atoms with E-state index in [0.717, 1.165) is 36.8 Å². The van der Waals surface area contributed by atoms with Crippen molar-refractivity contribution in [3.8, 4) is 35.4 Å². The fraction of sp³-hybridized carbons (Fsp3) is 0.288. The summed E-state index contributed by atoms with van der Waals surface area (Å²) in [5, 5.41) is 39.3. The highest BCUT2D eigenvalue weighted by atomic mass is 16.1. The molecule has 0 bridgehead atoms. The van der Waals surface area contributed by atoms with Gasteiger partial charge in [0.25, 0.3) is 0 Å². The predicted molar refractivity (Wildman–Crippen MR) is 261 cm³/mol. The van der Waals surface area contributed by atoms with Gasteiger partial charge < -0.3 is 0 Å². The van der Waals surface area contributed by atoms with E-state index in [1.54, 1.807) is 48.6 Å². The molecule has 3 aliphatic carbocycles. The molecule has 0 unspecified atom stereocenters. The Morgan fingerprint density at radius 2 is 0.846 bits per heavy atom. The number of ketones is 2. The number of hydrogen-bond acceptors (Lipinski definition) is 6. The van der Waals surface area contributed by atoms with E-state index in [9.17, 15) is 30.6 Å². The number of benzene rings is 4. The lowest BCUT2D eigenvalue weighted by atomic mass is 9.70. The van der Waals surface area contributed by atoms with Crippen LogP contribution in [-0.4, -0.2) is 11.6 Å². The molecule has 322 valence electrons. The molecule has 0 amide bonds. The Hall–Kier alpha value is -7.38. The zero-order valence-electron chi connectivity index (χ0n) is 37.6. The van der Waals surface area contributed by atoms with Crippen LogP contribution in [0.3, 0.4) is 0 Å². The van der Waals surface area contributed by atoms with Crippen LogP contribution >= 0.6 is 0 Å². The van der Waals surface area contributed by atoms with Crippen molar-refractivity contribution < 1.29 is 9.59 Å². The first kappa shape index (κ1) is 45.6. The molecule has 0 spiro atoms. The van der Waals surface area contributed by atoms with Crippen LogP contribution in [0.5, 0.6) is 0 Å². The summed E-state index contributed by atoms with van der Waals surface area (Å²) in [6.07, 6.45) is 27.6. The molecule has 6 nitrogen and oxygen atoms in total. The Morgan fingerprint density at radius 3 is 1.23 bits per heavy atom. The van der Waals surface area contributed by atoms with Crippen molar-refractivity contribution in [2.75, 3.05) is 0 Å². The molecule has 0 radical (unpaired) electrons. The summed E-state index contributed by atoms with van der Waals surface area (Å²) in [6.45, 7) is 4.50. The molecule has 65 heavy (non-hydrogen) atoms. The number of hydrogen-bond donors (Lipinski definition) is 0. The number of carbonyl (C=O) groups excluding carboxylic acids is 2. The minimum absolute atomic E-state index is 0.0791. The summed E-state index contributed by atoms with van der Waals surface area (Å²) in [5.74, 6) is -0.395. The first-order valence-corrected chi connectivity index (χ1v) is 23.3. The topological polar surface area (TPSA) is 129 Å². The molecule has 0 aliphatic heterocycles. The van der Waals surface area contributed by atoms with Gasteiger partial charge in [0.1, 0.15) is 35.4 Å². The standard InChI is InChI=1S/C59H54N4O2/c1-3-5-7-9-11-17-33-59(34-18-12-10-8-6-4-2)53-35-41(21-19-27-51-55(43(37-60)38-61)47-23-13-15-25-49(47)57(51)64)29-31-45(53)46-32-30-42(36-54(46)59)22-20-28-52-56(44(39-62)40-63)48-24-14-16-26-50(48)58(52)65/h13-16,19-32,35-36H,3-12,17-18,33-34H2,1-2H3/b21-19+,22-20+,51-27-,52-28-. The van der Waals surface area contributed by atoms with Gasteiger partial charge in [-0.05, 0) is 57.3 Å². The first-order valence-electron chi connectivity index (χ1n) is 23.3. The molecule has 3 aliphatic rings. The number of rotatable bonds is 18. The van der Waals surface area contributed by atoms with E-state index < -0.39 is 0 Å². The SMILES string of the molecule is CCCCCCCCC1(CCCCCCCC)c2cc(/C=C/C=C3\C(=O)c4ccccc4C3=C(C#N)C#N)ccc2-c2ccc(/C=C/C=C3\C(=O)c4ccccc4C3=C(C#N)C#N)cc21. The van der Waals surface area contributed by atoms with Crippen LogP contribution in [0.4, 0.5) is 0 Å². The number of nitrogens with zero attached hydrogens (tertiary/aromatic N) is 4. The second-order valence-electron chi connectivity index (χ2n) is 17.3. The zero-order chi connectivity index (χ0) is 45.8. The van der Waals surface area contributed by atoms with E-state index in [1.807, 2.05) is 60.7 Å². The normalized spacial score (nSPS) is 15.5. The Labute approximate surface area is 384 Å². The molecule has 0 heterocycles. The van der Waals surface area contributed by atoms with Crippen LogP contribution in [0, 0.1) is 45.3 Å². The number of carbonyl (C=O) groups is 2. The molecule has 0 N–H and O–H groups in total. The summed E-state index contributed by atoms with van der Waals surface area (Å²) < 4.78 is 0. The van der Waals surface area contributed by atoms with Gasteiger partial charge in [0.05, 0.1) is 0 Å². The number of Topliss-reactive ketones (excluding diaryl/α,β-unsaturated/α-hetero) is 2. The molecule has 4 aromatic rings. The van der Waals surface area contributed by atoms with Gasteiger partial charge in [-0.25, -0.2) is 0 Å². The molecule has 0 saturated carbocycles. The van der Waals surface area contributed by atoms with Crippen LogP contribution in [0.25, 0.3) is 34.4 Å². The van der Waals surface area contributed by atoms with Crippen LogP contribution in [-0.2, 0) is 5.41 Å². The Kier molecular flexibility index (Phi) is 15.0. The number of fused-ring (bicyclic) bond motifs is 5. The minimum Gasteiger partial charge on any atom is -0.289 e. The fourth-order valence-electron chi connectivity index (χ4n) is 10.1. The summed E-state index contributed by atoms with van der Waals surface area (Å²) in [5.41, 5.74) is 10.4. The van der Waals surface area contributed by atoms with Crippen molar-refractivity contribution in [3.05, 3.63) is 176 Å². The molecular weight excluding hydrogens is 797 g/mol. The van der Waals surface area contributed by atoms with Crippen molar-refractivity contribution in [2.45, 2.75) is 109 Å². The quantitative estimate of drug-likeness (QED) is 0.0557. The Balaban J connectivity index is 1.28. The summed E-state index contributed by atoms with van der Waals surface area (Å²) in [6, 6.07) is 35.6. The Morgan fingerprint density at radius 1 is 0.477 bits per heavy atom. The van der Waals surface area contributed by atoms with Crippen LogP contribution in [0.2, 0.25) is 0 Å². The van der Waals surface area contributed by atoms with Gasteiger partial charge >= 0.3 is 0 Å². The molecule has 4 aromatic carbocycles. The largest absolute Gasteiger partial charge is 0.289 e. The van der Waals surface area contributed by atoms with E-state index in [4.69, 9.17) is 0 Å². The van der Waals surface area contributed by atoms with E-state index in [0.29, 0.717) is 44.5 Å².